The van der Waals surface area contributed by atoms with Crippen LogP contribution in [-0.2, 0) is 16.0 Å². The molecule has 7 heteroatoms. The van der Waals surface area contributed by atoms with E-state index in [1.165, 1.54) is 0 Å². The fourth-order valence-electron chi connectivity index (χ4n) is 2.67. The third-order valence-corrected chi connectivity index (χ3v) is 4.08. The highest BCUT2D eigenvalue weighted by atomic mass is 16.5. The second-order valence-electron chi connectivity index (χ2n) is 6.25. The lowest BCUT2D eigenvalue weighted by Crippen LogP contribution is -2.42. The van der Waals surface area contributed by atoms with E-state index < -0.39 is 0 Å². The number of amides is 1. The van der Waals surface area contributed by atoms with Crippen LogP contribution < -0.4 is 0 Å². The molecule has 1 N–H and O–H groups in total. The first kappa shape index (κ1) is 16.6. The molecule has 1 aliphatic rings. The van der Waals surface area contributed by atoms with E-state index in [2.05, 4.69) is 20.2 Å². The monoisotopic (exact) mass is 329 g/mol. The average Bonchev–Trinajstić information content (AvgIpc) is 3.11. The van der Waals surface area contributed by atoms with Crippen molar-refractivity contribution in [3.8, 4) is 0 Å². The molecule has 0 spiro atoms. The lowest BCUT2D eigenvalue weighted by Gasteiger charge is -2.32. The van der Waals surface area contributed by atoms with Crippen molar-refractivity contribution >= 4 is 5.91 Å². The van der Waals surface area contributed by atoms with Crippen molar-refractivity contribution in [1.82, 2.24) is 25.1 Å². The number of aromatic nitrogens is 4. The van der Waals surface area contributed by atoms with Gasteiger partial charge < -0.3 is 9.64 Å². The summed E-state index contributed by atoms with van der Waals surface area (Å²) in [6, 6.07) is 5.76. The van der Waals surface area contributed by atoms with Crippen LogP contribution in [0.5, 0.6) is 0 Å². The molecule has 3 rings (SSSR count). The molecular weight excluding hydrogens is 306 g/mol. The quantitative estimate of drug-likeness (QED) is 0.905. The summed E-state index contributed by atoms with van der Waals surface area (Å²) in [5, 5.41) is 7.15. The Hall–Kier alpha value is -2.28. The second-order valence-corrected chi connectivity index (χ2v) is 6.25. The number of rotatable bonds is 5. The Bertz CT molecular complexity index is 671. The number of hydrogen-bond acceptors (Lipinski definition) is 5. The van der Waals surface area contributed by atoms with Crippen molar-refractivity contribution in [2.24, 2.45) is 0 Å². The van der Waals surface area contributed by atoms with Crippen LogP contribution in [0.2, 0.25) is 0 Å². The number of aryl methyl sites for hydroxylation is 1. The first-order valence-corrected chi connectivity index (χ1v) is 8.35. The number of aromatic amines is 1. The van der Waals surface area contributed by atoms with Gasteiger partial charge in [0.2, 0.25) is 5.91 Å². The van der Waals surface area contributed by atoms with Crippen LogP contribution in [0.3, 0.4) is 0 Å². The van der Waals surface area contributed by atoms with E-state index in [-0.39, 0.29) is 17.9 Å². The summed E-state index contributed by atoms with van der Waals surface area (Å²) in [4.78, 5) is 23.0. The number of nitrogens with zero attached hydrogens (tertiary/aromatic N) is 4. The summed E-state index contributed by atoms with van der Waals surface area (Å²) in [5.74, 6) is 1.85. The van der Waals surface area contributed by atoms with Gasteiger partial charge in [0.1, 0.15) is 6.10 Å². The zero-order valence-electron chi connectivity index (χ0n) is 14.1. The number of morpholine rings is 1. The SMILES string of the molecule is CC(C)c1n[nH]c(C2CN(C(=O)CCc3ccccn3)CCO2)n1. The van der Waals surface area contributed by atoms with Gasteiger partial charge in [0.15, 0.2) is 11.6 Å². The number of ether oxygens (including phenoxy) is 1. The lowest BCUT2D eigenvalue weighted by atomic mass is 10.2. The van der Waals surface area contributed by atoms with Crippen molar-refractivity contribution in [3.05, 3.63) is 41.7 Å². The van der Waals surface area contributed by atoms with E-state index in [0.29, 0.717) is 38.4 Å². The van der Waals surface area contributed by atoms with E-state index in [0.717, 1.165) is 11.5 Å². The van der Waals surface area contributed by atoms with Gasteiger partial charge in [0, 0.05) is 30.8 Å². The second kappa shape index (κ2) is 7.53. The van der Waals surface area contributed by atoms with Gasteiger partial charge >= 0.3 is 0 Å². The molecule has 0 saturated carbocycles. The third-order valence-electron chi connectivity index (χ3n) is 4.08. The normalized spacial score (nSPS) is 18.1. The molecule has 128 valence electrons. The Kier molecular flexibility index (Phi) is 5.20. The Labute approximate surface area is 141 Å². The Balaban J connectivity index is 1.57. The minimum absolute atomic E-state index is 0.123. The van der Waals surface area contributed by atoms with E-state index in [1.807, 2.05) is 36.9 Å². The molecule has 1 fully saturated rings. The average molecular weight is 329 g/mol. The first-order chi connectivity index (χ1) is 11.6. The fourth-order valence-corrected chi connectivity index (χ4v) is 2.67. The number of nitrogens with one attached hydrogen (secondary N) is 1. The van der Waals surface area contributed by atoms with Crippen LogP contribution in [0, 0.1) is 0 Å². The Morgan fingerprint density at radius 1 is 1.46 bits per heavy atom. The molecule has 0 aliphatic carbocycles. The van der Waals surface area contributed by atoms with Crippen molar-refractivity contribution in [2.45, 2.75) is 38.7 Å². The van der Waals surface area contributed by atoms with Crippen LogP contribution in [0.1, 0.15) is 49.6 Å². The minimum Gasteiger partial charge on any atom is -0.367 e. The molecule has 1 amide bonds. The van der Waals surface area contributed by atoms with Crippen LogP contribution in [0.15, 0.2) is 24.4 Å². The van der Waals surface area contributed by atoms with Crippen LogP contribution in [0.25, 0.3) is 0 Å². The van der Waals surface area contributed by atoms with Crippen LogP contribution >= 0.6 is 0 Å². The first-order valence-electron chi connectivity index (χ1n) is 8.35. The molecule has 2 aromatic heterocycles. The van der Waals surface area contributed by atoms with E-state index in [9.17, 15) is 4.79 Å². The summed E-state index contributed by atoms with van der Waals surface area (Å²) in [5.41, 5.74) is 0.937. The summed E-state index contributed by atoms with van der Waals surface area (Å²) in [6.07, 6.45) is 2.62. The van der Waals surface area contributed by atoms with Crippen LogP contribution in [-0.4, -0.2) is 50.7 Å². The molecular formula is C17H23N5O2. The highest BCUT2D eigenvalue weighted by Gasteiger charge is 2.27. The van der Waals surface area contributed by atoms with Gasteiger partial charge in [-0.1, -0.05) is 19.9 Å². The third kappa shape index (κ3) is 3.97. The van der Waals surface area contributed by atoms with Gasteiger partial charge in [0.05, 0.1) is 13.2 Å². The maximum Gasteiger partial charge on any atom is 0.223 e. The molecule has 1 aliphatic heterocycles. The topological polar surface area (TPSA) is 84.0 Å². The molecule has 1 atom stereocenters. The van der Waals surface area contributed by atoms with Gasteiger partial charge in [-0.15, -0.1) is 0 Å². The molecule has 0 radical (unpaired) electrons. The van der Waals surface area contributed by atoms with E-state index in [1.54, 1.807) is 6.20 Å². The maximum absolute atomic E-state index is 12.5. The number of H-pyrrole nitrogens is 1. The number of hydrogen-bond donors (Lipinski definition) is 1. The summed E-state index contributed by atoms with van der Waals surface area (Å²) in [7, 11) is 0. The molecule has 24 heavy (non-hydrogen) atoms. The minimum atomic E-state index is -0.238. The zero-order valence-corrected chi connectivity index (χ0v) is 14.1. The largest absolute Gasteiger partial charge is 0.367 e. The predicted octanol–water partition coefficient (Wildman–Crippen LogP) is 1.86. The van der Waals surface area contributed by atoms with Gasteiger partial charge in [-0.25, -0.2) is 4.98 Å². The van der Waals surface area contributed by atoms with Crippen molar-refractivity contribution in [3.63, 3.8) is 0 Å². The lowest BCUT2D eigenvalue weighted by molar-refractivity contribution is -0.139. The number of pyridine rings is 1. The fraction of sp³-hybridized carbons (Fsp3) is 0.529. The summed E-state index contributed by atoms with van der Waals surface area (Å²) in [6.45, 7) is 5.72. The molecule has 0 aromatic carbocycles. The summed E-state index contributed by atoms with van der Waals surface area (Å²) < 4.78 is 5.76. The molecule has 2 aromatic rings. The number of carbonyl (C=O) groups is 1. The molecule has 1 saturated heterocycles. The maximum atomic E-state index is 12.5. The smallest absolute Gasteiger partial charge is 0.223 e. The highest BCUT2D eigenvalue weighted by molar-refractivity contribution is 5.76. The Morgan fingerprint density at radius 3 is 3.04 bits per heavy atom. The van der Waals surface area contributed by atoms with Gasteiger partial charge in [-0.2, -0.15) is 5.10 Å². The van der Waals surface area contributed by atoms with Crippen molar-refractivity contribution in [2.75, 3.05) is 19.7 Å². The van der Waals surface area contributed by atoms with E-state index in [4.69, 9.17) is 4.74 Å². The van der Waals surface area contributed by atoms with Crippen LogP contribution in [0.4, 0.5) is 0 Å². The molecule has 0 bridgehead atoms. The standard InChI is InChI=1S/C17H23N5O2/c1-12(2)16-19-17(21-20-16)14-11-22(9-10-24-14)15(23)7-6-13-5-3-4-8-18-13/h3-5,8,12,14H,6-7,9-11H2,1-2H3,(H,19,20,21). The number of carbonyl (C=O) groups excluding carboxylic acids is 1. The molecule has 7 nitrogen and oxygen atoms in total. The Morgan fingerprint density at radius 2 is 2.33 bits per heavy atom. The predicted molar refractivity (Wildman–Crippen MR) is 88.3 cm³/mol. The highest BCUT2D eigenvalue weighted by Crippen LogP contribution is 2.21. The van der Waals surface area contributed by atoms with E-state index >= 15 is 0 Å². The molecule has 3 heterocycles. The van der Waals surface area contributed by atoms with Crippen molar-refractivity contribution in [1.29, 1.82) is 0 Å². The van der Waals surface area contributed by atoms with Crippen molar-refractivity contribution < 1.29 is 9.53 Å². The van der Waals surface area contributed by atoms with Gasteiger partial charge in [-0.3, -0.25) is 14.9 Å². The molecule has 1 unspecified atom stereocenters. The zero-order chi connectivity index (χ0) is 16.9. The van der Waals surface area contributed by atoms with Gasteiger partial charge in [0.25, 0.3) is 0 Å². The van der Waals surface area contributed by atoms with Gasteiger partial charge in [-0.05, 0) is 18.6 Å². The summed E-state index contributed by atoms with van der Waals surface area (Å²) >= 11 is 0.